The smallest absolute Gasteiger partial charge is 0.408 e. The number of ether oxygens (including phenoxy) is 1. The van der Waals surface area contributed by atoms with Crippen molar-refractivity contribution >= 4 is 17.9 Å². The number of nitrogens with one attached hydrogen (secondary N) is 2. The molecule has 0 aliphatic carbocycles. The Balaban J connectivity index is 2.23. The lowest BCUT2D eigenvalue weighted by molar-refractivity contribution is -0.127. The summed E-state index contributed by atoms with van der Waals surface area (Å²) in [6.07, 6.45) is 2.78. The van der Waals surface area contributed by atoms with Crippen LogP contribution in [0.3, 0.4) is 0 Å². The quantitative estimate of drug-likeness (QED) is 0.738. The van der Waals surface area contributed by atoms with Crippen LogP contribution in [-0.2, 0) is 14.3 Å². The first-order valence-corrected chi connectivity index (χ1v) is 8.74. The molecule has 7 heteroatoms. The van der Waals surface area contributed by atoms with E-state index in [4.69, 9.17) is 4.74 Å². The standard InChI is InChI=1S/C18H31N3O4/c1-13(2)10-16(23)21-8-6-14(7-9-21)11-19-15(22)12-20-17(24)25-18(3,4)5/h10,14H,6-9,11-12H2,1-5H3,(H,19,22)(H,20,24). The lowest BCUT2D eigenvalue weighted by Crippen LogP contribution is -2.43. The summed E-state index contributed by atoms with van der Waals surface area (Å²) in [7, 11) is 0. The molecule has 2 N–H and O–H groups in total. The summed E-state index contributed by atoms with van der Waals surface area (Å²) in [5, 5.41) is 5.26. The molecule has 0 aromatic carbocycles. The number of alkyl carbamates (subject to hydrolysis) is 1. The Morgan fingerprint density at radius 2 is 1.72 bits per heavy atom. The van der Waals surface area contributed by atoms with E-state index in [0.717, 1.165) is 18.4 Å². The van der Waals surface area contributed by atoms with Gasteiger partial charge in [-0.3, -0.25) is 9.59 Å². The van der Waals surface area contributed by atoms with E-state index in [9.17, 15) is 14.4 Å². The maximum absolute atomic E-state index is 12.0. The van der Waals surface area contributed by atoms with Crippen molar-refractivity contribution in [3.05, 3.63) is 11.6 Å². The van der Waals surface area contributed by atoms with Crippen LogP contribution in [0.15, 0.2) is 11.6 Å². The van der Waals surface area contributed by atoms with Crippen LogP contribution in [-0.4, -0.2) is 54.6 Å². The second-order valence-electron chi connectivity index (χ2n) is 7.65. The van der Waals surface area contributed by atoms with E-state index in [0.29, 0.717) is 25.6 Å². The Bertz CT molecular complexity index is 511. The predicted octanol–water partition coefficient (Wildman–Crippen LogP) is 1.83. The Morgan fingerprint density at radius 3 is 2.24 bits per heavy atom. The molecule has 1 rings (SSSR count). The van der Waals surface area contributed by atoms with Crippen LogP contribution >= 0.6 is 0 Å². The number of hydrogen-bond donors (Lipinski definition) is 2. The molecule has 3 amide bonds. The van der Waals surface area contributed by atoms with Crippen molar-refractivity contribution in [2.24, 2.45) is 5.92 Å². The van der Waals surface area contributed by atoms with Crippen LogP contribution < -0.4 is 10.6 Å². The molecule has 0 atom stereocenters. The number of likely N-dealkylation sites (tertiary alicyclic amines) is 1. The fourth-order valence-electron chi connectivity index (χ4n) is 2.48. The van der Waals surface area contributed by atoms with E-state index in [2.05, 4.69) is 10.6 Å². The summed E-state index contributed by atoms with van der Waals surface area (Å²) in [6.45, 7) is 11.0. The van der Waals surface area contributed by atoms with Crippen LogP contribution in [0.1, 0.15) is 47.5 Å². The fourth-order valence-corrected chi connectivity index (χ4v) is 2.48. The molecule has 1 fully saturated rings. The zero-order valence-electron chi connectivity index (χ0n) is 16.0. The first kappa shape index (κ1) is 21.0. The van der Waals surface area contributed by atoms with E-state index in [1.54, 1.807) is 26.8 Å². The zero-order valence-corrected chi connectivity index (χ0v) is 16.0. The molecule has 1 aliphatic rings. The van der Waals surface area contributed by atoms with Crippen LogP contribution in [0, 0.1) is 5.92 Å². The molecule has 0 unspecified atom stereocenters. The van der Waals surface area contributed by atoms with Gasteiger partial charge in [-0.15, -0.1) is 0 Å². The van der Waals surface area contributed by atoms with Gasteiger partial charge in [-0.1, -0.05) is 5.57 Å². The Morgan fingerprint density at radius 1 is 1.12 bits per heavy atom. The highest BCUT2D eigenvalue weighted by atomic mass is 16.6. The molecule has 0 bridgehead atoms. The van der Waals surface area contributed by atoms with Crippen molar-refractivity contribution in [3.63, 3.8) is 0 Å². The second-order valence-corrected chi connectivity index (χ2v) is 7.65. The number of carbonyl (C=O) groups excluding carboxylic acids is 3. The summed E-state index contributed by atoms with van der Waals surface area (Å²) >= 11 is 0. The molecule has 1 saturated heterocycles. The molecule has 1 heterocycles. The number of nitrogens with zero attached hydrogens (tertiary/aromatic N) is 1. The minimum absolute atomic E-state index is 0.0593. The summed E-state index contributed by atoms with van der Waals surface area (Å²) in [6, 6.07) is 0. The third-order valence-electron chi connectivity index (χ3n) is 3.72. The molecule has 0 aromatic heterocycles. The molecule has 7 nitrogen and oxygen atoms in total. The van der Waals surface area contributed by atoms with Crippen LogP contribution in [0.5, 0.6) is 0 Å². The van der Waals surface area contributed by atoms with Crippen molar-refractivity contribution < 1.29 is 19.1 Å². The monoisotopic (exact) mass is 353 g/mol. The van der Waals surface area contributed by atoms with Gasteiger partial charge < -0.3 is 20.3 Å². The van der Waals surface area contributed by atoms with Gasteiger partial charge in [-0.05, 0) is 53.4 Å². The maximum Gasteiger partial charge on any atom is 0.408 e. The maximum atomic E-state index is 12.0. The van der Waals surface area contributed by atoms with Gasteiger partial charge >= 0.3 is 6.09 Å². The normalized spacial score (nSPS) is 15.3. The average Bonchev–Trinajstić information content (AvgIpc) is 2.49. The van der Waals surface area contributed by atoms with Crippen molar-refractivity contribution in [2.45, 2.75) is 53.1 Å². The molecule has 142 valence electrons. The van der Waals surface area contributed by atoms with Crippen LogP contribution in [0.2, 0.25) is 0 Å². The zero-order chi connectivity index (χ0) is 19.0. The Hall–Kier alpha value is -2.05. The van der Waals surface area contributed by atoms with Crippen molar-refractivity contribution in [1.29, 1.82) is 0 Å². The van der Waals surface area contributed by atoms with Crippen molar-refractivity contribution in [3.8, 4) is 0 Å². The van der Waals surface area contributed by atoms with Gasteiger partial charge in [0.05, 0.1) is 6.54 Å². The Kier molecular flexibility index (Phi) is 7.93. The van der Waals surface area contributed by atoms with E-state index >= 15 is 0 Å². The van der Waals surface area contributed by atoms with Gasteiger partial charge in [-0.2, -0.15) is 0 Å². The van der Waals surface area contributed by atoms with Crippen LogP contribution in [0.25, 0.3) is 0 Å². The fraction of sp³-hybridized carbons (Fsp3) is 0.722. The van der Waals surface area contributed by atoms with Crippen molar-refractivity contribution in [2.75, 3.05) is 26.2 Å². The third kappa shape index (κ3) is 9.12. The van der Waals surface area contributed by atoms with Crippen LogP contribution in [0.4, 0.5) is 4.79 Å². The number of carbonyl (C=O) groups is 3. The molecule has 0 spiro atoms. The number of amides is 3. The largest absolute Gasteiger partial charge is 0.444 e. The summed E-state index contributed by atoms with van der Waals surface area (Å²) in [5.41, 5.74) is 0.411. The van der Waals surface area contributed by atoms with Gasteiger partial charge in [0.2, 0.25) is 11.8 Å². The molecule has 0 aromatic rings. The van der Waals surface area contributed by atoms with E-state index in [1.165, 1.54) is 0 Å². The number of allylic oxidation sites excluding steroid dienone is 1. The summed E-state index contributed by atoms with van der Waals surface area (Å²) < 4.78 is 5.07. The molecule has 0 saturated carbocycles. The lowest BCUT2D eigenvalue weighted by atomic mass is 9.96. The highest BCUT2D eigenvalue weighted by Gasteiger charge is 2.22. The summed E-state index contributed by atoms with van der Waals surface area (Å²) in [5.74, 6) is 0.166. The molecular weight excluding hydrogens is 322 g/mol. The second kappa shape index (κ2) is 9.44. The number of piperidine rings is 1. The molecule has 0 radical (unpaired) electrons. The number of hydrogen-bond acceptors (Lipinski definition) is 4. The minimum atomic E-state index is -0.603. The number of rotatable bonds is 5. The van der Waals surface area contributed by atoms with E-state index in [1.807, 2.05) is 18.7 Å². The predicted molar refractivity (Wildman–Crippen MR) is 96.0 cm³/mol. The van der Waals surface area contributed by atoms with Crippen molar-refractivity contribution in [1.82, 2.24) is 15.5 Å². The van der Waals surface area contributed by atoms with Gasteiger partial charge in [0.1, 0.15) is 5.60 Å². The van der Waals surface area contributed by atoms with Gasteiger partial charge in [0.15, 0.2) is 0 Å². The minimum Gasteiger partial charge on any atom is -0.444 e. The molecule has 1 aliphatic heterocycles. The van der Waals surface area contributed by atoms with Gasteiger partial charge in [-0.25, -0.2) is 4.79 Å². The first-order chi connectivity index (χ1) is 11.6. The average molecular weight is 353 g/mol. The first-order valence-electron chi connectivity index (χ1n) is 8.74. The third-order valence-corrected chi connectivity index (χ3v) is 3.72. The van der Waals surface area contributed by atoms with Gasteiger partial charge in [0, 0.05) is 25.7 Å². The molecule has 25 heavy (non-hydrogen) atoms. The van der Waals surface area contributed by atoms with E-state index < -0.39 is 11.7 Å². The lowest BCUT2D eigenvalue weighted by Gasteiger charge is -2.31. The summed E-state index contributed by atoms with van der Waals surface area (Å²) in [4.78, 5) is 37.1. The molecular formula is C18H31N3O4. The Labute approximate surface area is 150 Å². The SMILES string of the molecule is CC(C)=CC(=O)N1CCC(CNC(=O)CNC(=O)OC(C)(C)C)CC1. The highest BCUT2D eigenvalue weighted by Crippen LogP contribution is 2.17. The van der Waals surface area contributed by atoms with E-state index in [-0.39, 0.29) is 18.4 Å². The highest BCUT2D eigenvalue weighted by molar-refractivity contribution is 5.88. The van der Waals surface area contributed by atoms with Gasteiger partial charge in [0.25, 0.3) is 0 Å². The topological polar surface area (TPSA) is 87.7 Å².